The highest BCUT2D eigenvalue weighted by atomic mass is 35.5. The maximum atomic E-state index is 6.12. The summed E-state index contributed by atoms with van der Waals surface area (Å²) in [6.45, 7) is 3.76. The van der Waals surface area contributed by atoms with E-state index in [0.29, 0.717) is 28.2 Å². The molecule has 2 rings (SSSR count). The molecular weight excluding hydrogens is 295 g/mol. The van der Waals surface area contributed by atoms with Gasteiger partial charge in [0.15, 0.2) is 0 Å². The van der Waals surface area contributed by atoms with Crippen LogP contribution >= 0.6 is 23.2 Å². The van der Waals surface area contributed by atoms with Crippen molar-refractivity contribution in [2.45, 2.75) is 19.9 Å². The van der Waals surface area contributed by atoms with Crippen LogP contribution in [0.25, 0.3) is 0 Å². The Balaban J connectivity index is 2.10. The Morgan fingerprint density at radius 1 is 1.25 bits per heavy atom. The molecule has 1 aromatic carbocycles. The molecule has 1 aromatic heterocycles. The number of hydrogen-bond donors (Lipinski definition) is 1. The van der Waals surface area contributed by atoms with Crippen molar-refractivity contribution in [3.63, 3.8) is 0 Å². The third-order valence-electron chi connectivity index (χ3n) is 2.67. The minimum absolute atomic E-state index is 0.505. The fourth-order valence-electron chi connectivity index (χ4n) is 1.70. The van der Waals surface area contributed by atoms with E-state index in [0.717, 1.165) is 18.5 Å². The molecule has 106 valence electrons. The van der Waals surface area contributed by atoms with Crippen LogP contribution < -0.4 is 10.1 Å². The van der Waals surface area contributed by atoms with Crippen LogP contribution in [-0.2, 0) is 6.54 Å². The van der Waals surface area contributed by atoms with Crippen molar-refractivity contribution >= 4 is 23.2 Å². The van der Waals surface area contributed by atoms with Gasteiger partial charge in [0.05, 0.1) is 5.02 Å². The van der Waals surface area contributed by atoms with Crippen LogP contribution in [0.2, 0.25) is 10.0 Å². The monoisotopic (exact) mass is 310 g/mol. The molecule has 0 fully saturated rings. The number of halogens is 2. The van der Waals surface area contributed by atoms with Gasteiger partial charge in [-0.05, 0) is 36.7 Å². The average molecular weight is 311 g/mol. The molecule has 3 nitrogen and oxygen atoms in total. The number of pyridine rings is 1. The van der Waals surface area contributed by atoms with E-state index in [2.05, 4.69) is 17.2 Å². The van der Waals surface area contributed by atoms with Crippen LogP contribution in [0, 0.1) is 0 Å². The first kappa shape index (κ1) is 15.1. The normalized spacial score (nSPS) is 10.6. The van der Waals surface area contributed by atoms with Gasteiger partial charge in [-0.25, -0.2) is 4.98 Å². The molecule has 0 aliphatic heterocycles. The van der Waals surface area contributed by atoms with Crippen molar-refractivity contribution in [3.8, 4) is 11.6 Å². The number of aromatic nitrogens is 1. The topological polar surface area (TPSA) is 34.1 Å². The Labute approximate surface area is 128 Å². The quantitative estimate of drug-likeness (QED) is 0.787. The van der Waals surface area contributed by atoms with Crippen molar-refractivity contribution in [2.75, 3.05) is 6.54 Å². The number of rotatable bonds is 6. The first-order valence-electron chi connectivity index (χ1n) is 6.47. The van der Waals surface area contributed by atoms with Gasteiger partial charge in [-0.15, -0.1) is 0 Å². The van der Waals surface area contributed by atoms with Gasteiger partial charge < -0.3 is 10.1 Å². The third kappa shape index (κ3) is 4.37. The predicted octanol–water partition coefficient (Wildman–Crippen LogP) is 4.68. The van der Waals surface area contributed by atoms with E-state index in [-0.39, 0.29) is 0 Å². The maximum absolute atomic E-state index is 6.12. The molecule has 0 unspecified atom stereocenters. The smallest absolute Gasteiger partial charge is 0.219 e. The van der Waals surface area contributed by atoms with Crippen LogP contribution in [0.4, 0.5) is 0 Å². The van der Waals surface area contributed by atoms with E-state index < -0.39 is 0 Å². The summed E-state index contributed by atoms with van der Waals surface area (Å²) < 4.78 is 5.68. The summed E-state index contributed by atoms with van der Waals surface area (Å²) in [5, 5.41) is 4.56. The molecule has 20 heavy (non-hydrogen) atoms. The lowest BCUT2D eigenvalue weighted by Gasteiger charge is -2.09. The highest BCUT2D eigenvalue weighted by Gasteiger charge is 2.05. The molecule has 1 heterocycles. The first-order chi connectivity index (χ1) is 9.69. The lowest BCUT2D eigenvalue weighted by molar-refractivity contribution is 0.462. The number of nitrogens with zero attached hydrogens (tertiary/aromatic N) is 1. The summed E-state index contributed by atoms with van der Waals surface area (Å²) in [7, 11) is 0. The summed E-state index contributed by atoms with van der Waals surface area (Å²) in [6.07, 6.45) is 2.68. The van der Waals surface area contributed by atoms with E-state index in [1.807, 2.05) is 18.2 Å². The predicted molar refractivity (Wildman–Crippen MR) is 82.8 cm³/mol. The van der Waals surface area contributed by atoms with E-state index in [1.54, 1.807) is 18.3 Å². The molecule has 1 N–H and O–H groups in total. The molecule has 0 aliphatic rings. The summed E-state index contributed by atoms with van der Waals surface area (Å²) in [6, 6.07) is 9.04. The van der Waals surface area contributed by atoms with Crippen LogP contribution in [-0.4, -0.2) is 11.5 Å². The fourth-order valence-corrected chi connectivity index (χ4v) is 2.05. The molecule has 2 aromatic rings. The molecule has 0 atom stereocenters. The van der Waals surface area contributed by atoms with Crippen molar-refractivity contribution in [1.82, 2.24) is 10.3 Å². The maximum Gasteiger partial charge on any atom is 0.219 e. The van der Waals surface area contributed by atoms with E-state index in [4.69, 9.17) is 27.9 Å². The fraction of sp³-hybridized carbons (Fsp3) is 0.267. The standard InChI is InChI=1S/C15H16Cl2N2O/c1-2-6-18-9-11-7-15(19-10-14(11)17)20-13-5-3-4-12(16)8-13/h3-5,7-8,10,18H,2,6,9H2,1H3. The molecule has 0 aliphatic carbocycles. The molecule has 0 amide bonds. The van der Waals surface area contributed by atoms with Gasteiger partial charge in [0, 0.05) is 23.8 Å². The first-order valence-corrected chi connectivity index (χ1v) is 7.23. The third-order valence-corrected chi connectivity index (χ3v) is 3.25. The lowest BCUT2D eigenvalue weighted by Crippen LogP contribution is -2.14. The number of ether oxygens (including phenoxy) is 1. The molecular formula is C15H16Cl2N2O. The summed E-state index contributed by atoms with van der Waals surface area (Å²) >= 11 is 12.0. The molecule has 5 heteroatoms. The van der Waals surface area contributed by atoms with Crippen molar-refractivity contribution in [3.05, 3.63) is 52.1 Å². The van der Waals surface area contributed by atoms with E-state index in [9.17, 15) is 0 Å². The minimum atomic E-state index is 0.505. The van der Waals surface area contributed by atoms with Gasteiger partial charge in [-0.2, -0.15) is 0 Å². The highest BCUT2D eigenvalue weighted by molar-refractivity contribution is 6.31. The highest BCUT2D eigenvalue weighted by Crippen LogP contribution is 2.25. The van der Waals surface area contributed by atoms with Crippen LogP contribution in [0.3, 0.4) is 0 Å². The van der Waals surface area contributed by atoms with E-state index >= 15 is 0 Å². The van der Waals surface area contributed by atoms with Gasteiger partial charge in [0.2, 0.25) is 5.88 Å². The second-order valence-corrected chi connectivity index (χ2v) is 5.19. The van der Waals surface area contributed by atoms with Crippen LogP contribution in [0.5, 0.6) is 11.6 Å². The van der Waals surface area contributed by atoms with Gasteiger partial charge in [0.25, 0.3) is 0 Å². The lowest BCUT2D eigenvalue weighted by atomic mass is 10.2. The SMILES string of the molecule is CCCNCc1cc(Oc2cccc(Cl)c2)ncc1Cl. The Morgan fingerprint density at radius 2 is 2.10 bits per heavy atom. The molecule has 0 radical (unpaired) electrons. The minimum Gasteiger partial charge on any atom is -0.439 e. The number of hydrogen-bond acceptors (Lipinski definition) is 3. The van der Waals surface area contributed by atoms with Gasteiger partial charge in [-0.3, -0.25) is 0 Å². The van der Waals surface area contributed by atoms with E-state index in [1.165, 1.54) is 0 Å². The van der Waals surface area contributed by atoms with Gasteiger partial charge in [-0.1, -0.05) is 36.2 Å². The molecule has 0 saturated heterocycles. The second kappa shape index (κ2) is 7.48. The zero-order chi connectivity index (χ0) is 14.4. The Bertz CT molecular complexity index is 576. The van der Waals surface area contributed by atoms with Crippen molar-refractivity contribution in [2.24, 2.45) is 0 Å². The van der Waals surface area contributed by atoms with Crippen LogP contribution in [0.1, 0.15) is 18.9 Å². The summed E-state index contributed by atoms with van der Waals surface area (Å²) in [5.74, 6) is 1.16. The van der Waals surface area contributed by atoms with Crippen molar-refractivity contribution in [1.29, 1.82) is 0 Å². The van der Waals surface area contributed by atoms with Gasteiger partial charge in [0.1, 0.15) is 5.75 Å². The summed E-state index contributed by atoms with van der Waals surface area (Å²) in [4.78, 5) is 4.17. The average Bonchev–Trinajstić information content (AvgIpc) is 2.42. The second-order valence-electron chi connectivity index (χ2n) is 4.35. The number of benzene rings is 1. The Kier molecular flexibility index (Phi) is 5.65. The molecule has 0 bridgehead atoms. The number of nitrogens with one attached hydrogen (secondary N) is 1. The van der Waals surface area contributed by atoms with Crippen molar-refractivity contribution < 1.29 is 4.74 Å². The molecule has 0 spiro atoms. The molecule has 0 saturated carbocycles. The zero-order valence-electron chi connectivity index (χ0n) is 11.2. The van der Waals surface area contributed by atoms with Gasteiger partial charge >= 0.3 is 0 Å². The Hall–Kier alpha value is -1.29. The largest absolute Gasteiger partial charge is 0.439 e. The zero-order valence-corrected chi connectivity index (χ0v) is 12.7. The summed E-state index contributed by atoms with van der Waals surface area (Å²) in [5.41, 5.74) is 0.965. The van der Waals surface area contributed by atoms with Crippen LogP contribution in [0.15, 0.2) is 36.5 Å². The Morgan fingerprint density at radius 3 is 2.85 bits per heavy atom.